The van der Waals surface area contributed by atoms with E-state index in [2.05, 4.69) is 10.3 Å². The number of rotatable bonds is 4. The van der Waals surface area contributed by atoms with Gasteiger partial charge >= 0.3 is 0 Å². The van der Waals surface area contributed by atoms with Crippen molar-refractivity contribution >= 4 is 23.9 Å². The summed E-state index contributed by atoms with van der Waals surface area (Å²) in [6, 6.07) is 11.9. The van der Waals surface area contributed by atoms with Gasteiger partial charge in [0, 0.05) is 17.3 Å². The number of pyridine rings is 1. The first-order valence-electron chi connectivity index (χ1n) is 6.58. The molecule has 4 nitrogen and oxygen atoms in total. The first-order chi connectivity index (χ1) is 9.40. The zero-order valence-corrected chi connectivity index (χ0v) is 13.6. The molecular weight excluding hydrogens is 286 g/mol. The second-order valence-corrected chi connectivity index (χ2v) is 5.45. The number of aromatic nitrogens is 1. The van der Waals surface area contributed by atoms with Crippen LogP contribution in [-0.2, 0) is 5.54 Å². The number of aryl methyl sites for hydroxylation is 1. The van der Waals surface area contributed by atoms with Crippen LogP contribution in [0, 0.1) is 6.92 Å². The van der Waals surface area contributed by atoms with Crippen LogP contribution < -0.4 is 15.8 Å². The van der Waals surface area contributed by atoms with Gasteiger partial charge in [-0.25, -0.2) is 0 Å². The summed E-state index contributed by atoms with van der Waals surface area (Å²) in [7, 11) is 1.61. The lowest BCUT2D eigenvalue weighted by Crippen LogP contribution is -2.28. The van der Waals surface area contributed by atoms with Crippen LogP contribution in [0.2, 0.25) is 0 Å². The fraction of sp³-hybridized carbons (Fsp3) is 0.312. The summed E-state index contributed by atoms with van der Waals surface area (Å²) >= 11 is 0. The van der Waals surface area contributed by atoms with Crippen molar-refractivity contribution in [2.24, 2.45) is 5.73 Å². The number of halogens is 1. The number of anilines is 2. The largest absolute Gasteiger partial charge is 0.481 e. The monoisotopic (exact) mass is 307 g/mol. The van der Waals surface area contributed by atoms with Gasteiger partial charge in [-0.2, -0.15) is 4.98 Å². The summed E-state index contributed by atoms with van der Waals surface area (Å²) in [6.07, 6.45) is 0. The van der Waals surface area contributed by atoms with E-state index < -0.39 is 0 Å². The molecule has 0 saturated heterocycles. The van der Waals surface area contributed by atoms with Gasteiger partial charge in [0.25, 0.3) is 0 Å². The Morgan fingerprint density at radius 1 is 1.19 bits per heavy atom. The molecule has 0 aliphatic heterocycles. The lowest BCUT2D eigenvalue weighted by molar-refractivity contribution is 0.398. The highest BCUT2D eigenvalue weighted by Crippen LogP contribution is 2.25. The maximum absolute atomic E-state index is 6.13. The van der Waals surface area contributed by atoms with Crippen molar-refractivity contribution < 1.29 is 4.74 Å². The number of methoxy groups -OCH3 is 1. The third kappa shape index (κ3) is 4.34. The molecule has 0 aliphatic carbocycles. The van der Waals surface area contributed by atoms with Crippen LogP contribution in [0.4, 0.5) is 11.5 Å². The zero-order chi connectivity index (χ0) is 14.8. The maximum atomic E-state index is 6.13. The van der Waals surface area contributed by atoms with E-state index in [1.165, 1.54) is 0 Å². The van der Waals surface area contributed by atoms with Gasteiger partial charge in [-0.05, 0) is 44.0 Å². The Morgan fingerprint density at radius 3 is 2.52 bits per heavy atom. The van der Waals surface area contributed by atoms with Crippen molar-refractivity contribution in [2.45, 2.75) is 26.3 Å². The molecule has 3 N–H and O–H groups in total. The minimum atomic E-state index is -0.367. The van der Waals surface area contributed by atoms with Crippen LogP contribution in [-0.4, -0.2) is 12.1 Å². The molecule has 1 aromatic heterocycles. The van der Waals surface area contributed by atoms with E-state index >= 15 is 0 Å². The number of nitrogens with two attached hydrogens (primary N) is 1. The molecule has 0 aliphatic rings. The Balaban J connectivity index is 0.00000220. The van der Waals surface area contributed by atoms with Crippen molar-refractivity contribution in [3.63, 3.8) is 0 Å². The average Bonchev–Trinajstić information content (AvgIpc) is 2.41. The number of hydrogen-bond donors (Lipinski definition) is 2. The van der Waals surface area contributed by atoms with E-state index in [-0.39, 0.29) is 17.9 Å². The van der Waals surface area contributed by atoms with E-state index in [0.717, 1.165) is 22.6 Å². The van der Waals surface area contributed by atoms with Crippen molar-refractivity contribution in [1.29, 1.82) is 0 Å². The summed E-state index contributed by atoms with van der Waals surface area (Å²) in [4.78, 5) is 4.41. The van der Waals surface area contributed by atoms with Gasteiger partial charge in [-0.3, -0.25) is 0 Å². The van der Waals surface area contributed by atoms with Crippen molar-refractivity contribution in [3.05, 3.63) is 47.5 Å². The van der Waals surface area contributed by atoms with Gasteiger partial charge in [-0.1, -0.05) is 18.2 Å². The van der Waals surface area contributed by atoms with E-state index in [1.807, 2.05) is 57.2 Å². The SMILES string of the molecule is COc1ccc(C)c(Nc2cccc(C(C)(C)N)c2)n1.Cl. The van der Waals surface area contributed by atoms with Gasteiger partial charge in [0.15, 0.2) is 0 Å². The molecule has 21 heavy (non-hydrogen) atoms. The number of ether oxygens (including phenoxy) is 1. The van der Waals surface area contributed by atoms with Crippen LogP contribution in [0.5, 0.6) is 5.88 Å². The summed E-state index contributed by atoms with van der Waals surface area (Å²) < 4.78 is 5.15. The minimum absolute atomic E-state index is 0. The first-order valence-corrected chi connectivity index (χ1v) is 6.58. The summed E-state index contributed by atoms with van der Waals surface area (Å²) in [5, 5.41) is 3.31. The standard InChI is InChI=1S/C16H21N3O.ClH/c1-11-8-9-14(20-4)19-15(11)18-13-7-5-6-12(10-13)16(2,3)17;/h5-10H,17H2,1-4H3,(H,18,19);1H. The molecule has 0 amide bonds. The van der Waals surface area contributed by atoms with Gasteiger partial charge in [0.2, 0.25) is 5.88 Å². The summed E-state index contributed by atoms with van der Waals surface area (Å²) in [5.41, 5.74) is 8.86. The predicted octanol–water partition coefficient (Wildman–Crippen LogP) is 3.76. The summed E-state index contributed by atoms with van der Waals surface area (Å²) in [5.74, 6) is 1.38. The van der Waals surface area contributed by atoms with Crippen LogP contribution in [0.25, 0.3) is 0 Å². The highest BCUT2D eigenvalue weighted by atomic mass is 35.5. The van der Waals surface area contributed by atoms with Gasteiger partial charge in [0.05, 0.1) is 7.11 Å². The lowest BCUT2D eigenvalue weighted by Gasteiger charge is -2.20. The molecule has 0 saturated carbocycles. The highest BCUT2D eigenvalue weighted by Gasteiger charge is 2.14. The number of nitrogens with zero attached hydrogens (tertiary/aromatic N) is 1. The molecule has 0 unspecified atom stereocenters. The minimum Gasteiger partial charge on any atom is -0.481 e. The lowest BCUT2D eigenvalue weighted by atomic mass is 9.95. The van der Waals surface area contributed by atoms with E-state index in [1.54, 1.807) is 7.11 Å². The molecule has 0 radical (unpaired) electrons. The maximum Gasteiger partial charge on any atom is 0.214 e. The molecule has 0 spiro atoms. The molecule has 0 atom stereocenters. The molecule has 0 bridgehead atoms. The molecule has 114 valence electrons. The topological polar surface area (TPSA) is 60.2 Å². The van der Waals surface area contributed by atoms with E-state index in [0.29, 0.717) is 5.88 Å². The number of nitrogens with one attached hydrogen (secondary N) is 1. The van der Waals surface area contributed by atoms with E-state index in [4.69, 9.17) is 10.5 Å². The Bertz CT molecular complexity index is 609. The third-order valence-corrected chi connectivity index (χ3v) is 3.15. The average molecular weight is 308 g/mol. The summed E-state index contributed by atoms with van der Waals surface area (Å²) in [6.45, 7) is 5.98. The first kappa shape index (κ1) is 17.3. The third-order valence-electron chi connectivity index (χ3n) is 3.15. The van der Waals surface area contributed by atoms with Crippen LogP contribution >= 0.6 is 12.4 Å². The van der Waals surface area contributed by atoms with Crippen molar-refractivity contribution in [3.8, 4) is 5.88 Å². The fourth-order valence-electron chi connectivity index (χ4n) is 1.89. The Labute approximate surface area is 132 Å². The zero-order valence-electron chi connectivity index (χ0n) is 12.8. The van der Waals surface area contributed by atoms with Crippen LogP contribution in [0.15, 0.2) is 36.4 Å². The highest BCUT2D eigenvalue weighted by molar-refractivity contribution is 5.85. The molecule has 2 rings (SSSR count). The molecule has 5 heteroatoms. The fourth-order valence-corrected chi connectivity index (χ4v) is 1.89. The molecule has 2 aromatic rings. The predicted molar refractivity (Wildman–Crippen MR) is 89.7 cm³/mol. The smallest absolute Gasteiger partial charge is 0.214 e. The molecular formula is C16H22ClN3O. The molecule has 1 heterocycles. The Kier molecular flexibility index (Phi) is 5.58. The molecule has 0 fully saturated rings. The van der Waals surface area contributed by atoms with Crippen LogP contribution in [0.1, 0.15) is 25.0 Å². The van der Waals surface area contributed by atoms with E-state index in [9.17, 15) is 0 Å². The molecule has 1 aromatic carbocycles. The number of hydrogen-bond acceptors (Lipinski definition) is 4. The van der Waals surface area contributed by atoms with Crippen LogP contribution in [0.3, 0.4) is 0 Å². The van der Waals surface area contributed by atoms with Crippen molar-refractivity contribution in [1.82, 2.24) is 4.98 Å². The Morgan fingerprint density at radius 2 is 1.90 bits per heavy atom. The van der Waals surface area contributed by atoms with Gasteiger partial charge in [0.1, 0.15) is 5.82 Å². The quantitative estimate of drug-likeness (QED) is 0.903. The van der Waals surface area contributed by atoms with Gasteiger partial charge < -0.3 is 15.8 Å². The second-order valence-electron chi connectivity index (χ2n) is 5.45. The van der Waals surface area contributed by atoms with Crippen molar-refractivity contribution in [2.75, 3.05) is 12.4 Å². The van der Waals surface area contributed by atoms with Gasteiger partial charge in [-0.15, -0.1) is 12.4 Å². The number of benzene rings is 1. The normalized spacial score (nSPS) is 10.7. The Hall–Kier alpha value is -1.78. The second kappa shape index (κ2) is 6.78.